The Morgan fingerprint density at radius 2 is 2.11 bits per heavy atom. The van der Waals surface area contributed by atoms with Gasteiger partial charge >= 0.3 is 0 Å². The first-order valence-electron chi connectivity index (χ1n) is 3.24. The van der Waals surface area contributed by atoms with Gasteiger partial charge in [-0.25, -0.2) is 0 Å². The molecule has 0 N–H and O–H groups in total. The van der Waals surface area contributed by atoms with Gasteiger partial charge in [0.15, 0.2) is 0 Å². The molecule has 50 valence electrons. The van der Waals surface area contributed by atoms with E-state index in [0.29, 0.717) is 0 Å². The molecule has 1 heterocycles. The number of hydrogen-bond donors (Lipinski definition) is 0. The minimum atomic E-state index is 0.199. The van der Waals surface area contributed by atoms with E-state index in [4.69, 9.17) is 0 Å². The molecule has 0 aromatic rings. The first-order chi connectivity index (χ1) is 4.18. The van der Waals surface area contributed by atoms with E-state index < -0.39 is 0 Å². The highest BCUT2D eigenvalue weighted by atomic mass is 31.1. The van der Waals surface area contributed by atoms with Crippen molar-refractivity contribution in [1.29, 1.82) is 0 Å². The normalized spacial score (nSPS) is 27.2. The van der Waals surface area contributed by atoms with Crippen LogP contribution in [-0.2, 0) is 0 Å². The fourth-order valence-corrected chi connectivity index (χ4v) is 3.00. The Balaban J connectivity index is 2.74. The van der Waals surface area contributed by atoms with Crippen LogP contribution < -0.4 is 0 Å². The molecule has 1 unspecified atom stereocenters. The zero-order valence-corrected chi connectivity index (χ0v) is 7.20. The van der Waals surface area contributed by atoms with Crippen LogP contribution in [0.25, 0.3) is 0 Å². The summed E-state index contributed by atoms with van der Waals surface area (Å²) in [5.74, 6) is 2.39. The van der Waals surface area contributed by atoms with E-state index in [9.17, 15) is 0 Å². The molecule has 1 aliphatic rings. The summed E-state index contributed by atoms with van der Waals surface area (Å²) in [6.45, 7) is 6.73. The fraction of sp³-hybridized carbons (Fsp3) is 0.500. The van der Waals surface area contributed by atoms with Crippen molar-refractivity contribution in [2.45, 2.75) is 13.8 Å². The predicted molar refractivity (Wildman–Crippen MR) is 45.2 cm³/mol. The van der Waals surface area contributed by atoms with Gasteiger partial charge in [0.1, 0.15) is 0 Å². The average molecular weight is 140 g/mol. The Morgan fingerprint density at radius 1 is 1.44 bits per heavy atom. The van der Waals surface area contributed by atoms with E-state index in [1.54, 1.807) is 5.57 Å². The van der Waals surface area contributed by atoms with Crippen LogP contribution in [0.5, 0.6) is 0 Å². The van der Waals surface area contributed by atoms with Crippen LogP contribution in [0.1, 0.15) is 13.8 Å². The molecule has 0 nitrogen and oxygen atoms in total. The average Bonchev–Trinajstić information content (AvgIpc) is 1.59. The van der Waals surface area contributed by atoms with E-state index in [0.717, 1.165) is 0 Å². The Hall–Kier alpha value is -0.0900. The number of rotatable bonds is 0. The third-order valence-electron chi connectivity index (χ3n) is 1.40. The van der Waals surface area contributed by atoms with Gasteiger partial charge < -0.3 is 0 Å². The molecule has 0 radical (unpaired) electrons. The SMILES string of the molecule is CC1=CP(C)CC(C)=C1. The second-order valence-corrected chi connectivity index (χ2v) is 4.87. The van der Waals surface area contributed by atoms with Crippen LogP contribution >= 0.6 is 7.92 Å². The van der Waals surface area contributed by atoms with Crippen molar-refractivity contribution in [3.05, 3.63) is 23.0 Å². The van der Waals surface area contributed by atoms with Crippen molar-refractivity contribution in [3.8, 4) is 0 Å². The molecule has 0 aliphatic carbocycles. The molecule has 0 amide bonds. The Kier molecular flexibility index (Phi) is 2.08. The molecule has 0 aromatic heterocycles. The lowest BCUT2D eigenvalue weighted by Gasteiger charge is -2.13. The number of allylic oxidation sites excluding steroid dienone is 3. The molecule has 0 aromatic carbocycles. The summed E-state index contributed by atoms with van der Waals surface area (Å²) in [6, 6.07) is 0. The Morgan fingerprint density at radius 3 is 2.56 bits per heavy atom. The molecule has 0 bridgehead atoms. The first-order valence-corrected chi connectivity index (χ1v) is 5.28. The van der Waals surface area contributed by atoms with Crippen LogP contribution in [0.4, 0.5) is 0 Å². The highest BCUT2D eigenvalue weighted by Gasteiger charge is 2.03. The van der Waals surface area contributed by atoms with Gasteiger partial charge in [-0.2, -0.15) is 0 Å². The van der Waals surface area contributed by atoms with E-state index >= 15 is 0 Å². The quantitative estimate of drug-likeness (QED) is 0.454. The second-order valence-electron chi connectivity index (χ2n) is 2.78. The topological polar surface area (TPSA) is 0 Å². The van der Waals surface area contributed by atoms with Gasteiger partial charge in [-0.05, 0) is 26.7 Å². The molecule has 0 fully saturated rings. The highest BCUT2D eigenvalue weighted by molar-refractivity contribution is 7.60. The van der Waals surface area contributed by atoms with Crippen LogP contribution in [0, 0.1) is 0 Å². The Labute approximate surface area is 58.4 Å². The third kappa shape index (κ3) is 1.95. The van der Waals surface area contributed by atoms with E-state index in [2.05, 4.69) is 32.4 Å². The minimum absolute atomic E-state index is 0.199. The maximum absolute atomic E-state index is 2.39. The second kappa shape index (κ2) is 2.66. The summed E-state index contributed by atoms with van der Waals surface area (Å²) >= 11 is 0. The molecule has 1 rings (SSSR count). The van der Waals surface area contributed by atoms with Crippen LogP contribution in [-0.4, -0.2) is 12.8 Å². The van der Waals surface area contributed by atoms with Gasteiger partial charge in [0, 0.05) is 0 Å². The van der Waals surface area contributed by atoms with E-state index in [1.165, 1.54) is 11.7 Å². The monoisotopic (exact) mass is 140 g/mol. The largest absolute Gasteiger partial charge is 0.0820 e. The smallest absolute Gasteiger partial charge is 0.00817 e. The molecule has 1 heteroatoms. The first kappa shape index (κ1) is 7.02. The fourth-order valence-electron chi connectivity index (χ4n) is 1.26. The molecular formula is C8H13P. The van der Waals surface area contributed by atoms with Crippen LogP contribution in [0.2, 0.25) is 0 Å². The molecular weight excluding hydrogens is 127 g/mol. The summed E-state index contributed by atoms with van der Waals surface area (Å²) < 4.78 is 0. The third-order valence-corrected chi connectivity index (χ3v) is 3.24. The van der Waals surface area contributed by atoms with Gasteiger partial charge in [-0.1, -0.05) is 31.0 Å². The zero-order chi connectivity index (χ0) is 6.85. The lowest BCUT2D eigenvalue weighted by atomic mass is 10.2. The van der Waals surface area contributed by atoms with Crippen LogP contribution in [0.3, 0.4) is 0 Å². The standard InChI is InChI=1S/C8H13P/c1-7-4-8(2)6-9(3)5-7/h4-5H,6H2,1-3H3. The summed E-state index contributed by atoms with van der Waals surface area (Å²) in [7, 11) is 0.199. The van der Waals surface area contributed by atoms with Crippen molar-refractivity contribution in [1.82, 2.24) is 0 Å². The van der Waals surface area contributed by atoms with Crippen molar-refractivity contribution >= 4 is 7.92 Å². The van der Waals surface area contributed by atoms with Gasteiger partial charge in [0.05, 0.1) is 0 Å². The predicted octanol–water partition coefficient (Wildman–Crippen LogP) is 2.96. The lowest BCUT2D eigenvalue weighted by molar-refractivity contribution is 1.34. The van der Waals surface area contributed by atoms with E-state index in [1.807, 2.05) is 0 Å². The van der Waals surface area contributed by atoms with Crippen molar-refractivity contribution in [3.63, 3.8) is 0 Å². The summed E-state index contributed by atoms with van der Waals surface area (Å²) in [5, 5.41) is 0. The molecule has 0 spiro atoms. The van der Waals surface area contributed by atoms with Gasteiger partial charge in [0.25, 0.3) is 0 Å². The van der Waals surface area contributed by atoms with E-state index in [-0.39, 0.29) is 7.92 Å². The molecule has 9 heavy (non-hydrogen) atoms. The summed E-state index contributed by atoms with van der Waals surface area (Å²) in [6.07, 6.45) is 3.59. The van der Waals surface area contributed by atoms with Crippen molar-refractivity contribution < 1.29 is 0 Å². The number of hydrogen-bond acceptors (Lipinski definition) is 0. The molecule has 0 saturated carbocycles. The van der Waals surface area contributed by atoms with Crippen molar-refractivity contribution in [2.75, 3.05) is 12.8 Å². The molecule has 1 aliphatic heterocycles. The zero-order valence-electron chi connectivity index (χ0n) is 6.31. The molecule has 0 saturated heterocycles. The van der Waals surface area contributed by atoms with Crippen molar-refractivity contribution in [2.24, 2.45) is 0 Å². The summed E-state index contributed by atoms with van der Waals surface area (Å²) in [4.78, 5) is 0. The Bertz CT molecular complexity index is 165. The van der Waals surface area contributed by atoms with Gasteiger partial charge in [-0.15, -0.1) is 0 Å². The lowest BCUT2D eigenvalue weighted by Crippen LogP contribution is -1.89. The van der Waals surface area contributed by atoms with Gasteiger partial charge in [-0.3, -0.25) is 0 Å². The molecule has 1 atom stereocenters. The summed E-state index contributed by atoms with van der Waals surface area (Å²) in [5.41, 5.74) is 3.00. The highest BCUT2D eigenvalue weighted by Crippen LogP contribution is 2.39. The minimum Gasteiger partial charge on any atom is -0.0820 e. The maximum Gasteiger partial charge on any atom is -0.00817 e. The maximum atomic E-state index is 2.39. The van der Waals surface area contributed by atoms with Gasteiger partial charge in [0.2, 0.25) is 0 Å². The van der Waals surface area contributed by atoms with Crippen LogP contribution in [0.15, 0.2) is 23.0 Å².